The van der Waals surface area contributed by atoms with Gasteiger partial charge in [-0.3, -0.25) is 9.10 Å². The Bertz CT molecular complexity index is 973. The second-order valence-corrected chi connectivity index (χ2v) is 9.46. The summed E-state index contributed by atoms with van der Waals surface area (Å²) in [6.07, 6.45) is 4.20. The Hall–Kier alpha value is -2.54. The maximum atomic E-state index is 13.2. The highest BCUT2D eigenvalue weighted by molar-refractivity contribution is 7.92. The minimum atomic E-state index is -3.87. The average molecular weight is 433 g/mol. The lowest BCUT2D eigenvalue weighted by molar-refractivity contribution is 0.0937. The van der Waals surface area contributed by atoms with E-state index in [4.69, 9.17) is 4.74 Å². The topological polar surface area (TPSA) is 75.7 Å². The van der Waals surface area contributed by atoms with Gasteiger partial charge < -0.3 is 10.1 Å². The van der Waals surface area contributed by atoms with Crippen molar-refractivity contribution in [3.63, 3.8) is 0 Å². The maximum absolute atomic E-state index is 13.2. The van der Waals surface area contributed by atoms with Crippen LogP contribution in [0.4, 0.5) is 5.69 Å². The normalized spacial score (nSPS) is 12.3. The number of anilines is 1. The van der Waals surface area contributed by atoms with Crippen LogP contribution in [-0.2, 0) is 10.0 Å². The molecule has 0 heterocycles. The molecule has 0 aliphatic carbocycles. The molecule has 6 nitrogen and oxygen atoms in total. The van der Waals surface area contributed by atoms with Crippen LogP contribution in [0, 0.1) is 6.92 Å². The molecule has 1 unspecified atom stereocenters. The van der Waals surface area contributed by atoms with Gasteiger partial charge in [0.1, 0.15) is 5.75 Å². The lowest BCUT2D eigenvalue weighted by atomic mass is 10.1. The standard InChI is InChI=1S/C23H32N2O4S/c1-6-7-8-11-18(3)24-23(26)20-16-19(15-14-17(20)2)30(27,28)25(4)21-12-9-10-13-22(21)29-5/h9-10,12-16,18H,6-8,11H2,1-5H3,(H,24,26). The summed E-state index contributed by atoms with van der Waals surface area (Å²) < 4.78 is 32.9. The molecule has 0 fully saturated rings. The fourth-order valence-electron chi connectivity index (χ4n) is 3.26. The van der Waals surface area contributed by atoms with E-state index in [9.17, 15) is 13.2 Å². The molecule has 1 N–H and O–H groups in total. The Morgan fingerprint density at radius 1 is 1.17 bits per heavy atom. The van der Waals surface area contributed by atoms with Crippen LogP contribution < -0.4 is 14.4 Å². The molecule has 2 aromatic rings. The van der Waals surface area contributed by atoms with Gasteiger partial charge in [-0.2, -0.15) is 0 Å². The minimum absolute atomic E-state index is 0.0277. The number of hydrogen-bond donors (Lipinski definition) is 1. The monoisotopic (exact) mass is 432 g/mol. The van der Waals surface area contributed by atoms with Gasteiger partial charge >= 0.3 is 0 Å². The van der Waals surface area contributed by atoms with Crippen molar-refractivity contribution < 1.29 is 17.9 Å². The van der Waals surface area contributed by atoms with Crippen molar-refractivity contribution in [3.05, 3.63) is 53.6 Å². The van der Waals surface area contributed by atoms with E-state index in [2.05, 4.69) is 12.2 Å². The number of para-hydroxylation sites is 2. The smallest absolute Gasteiger partial charge is 0.264 e. The maximum Gasteiger partial charge on any atom is 0.264 e. The van der Waals surface area contributed by atoms with Crippen molar-refractivity contribution in [2.24, 2.45) is 0 Å². The van der Waals surface area contributed by atoms with Crippen LogP contribution in [0.25, 0.3) is 0 Å². The molecule has 0 spiro atoms. The number of carbonyl (C=O) groups is 1. The lowest BCUT2D eigenvalue weighted by Crippen LogP contribution is -2.33. The largest absolute Gasteiger partial charge is 0.495 e. The van der Waals surface area contributed by atoms with Crippen molar-refractivity contribution in [2.45, 2.75) is 57.4 Å². The van der Waals surface area contributed by atoms with Gasteiger partial charge in [0.05, 0.1) is 17.7 Å². The number of amides is 1. The van der Waals surface area contributed by atoms with Gasteiger partial charge in [-0.05, 0) is 50.1 Å². The quantitative estimate of drug-likeness (QED) is 0.560. The molecule has 0 saturated carbocycles. The zero-order chi connectivity index (χ0) is 22.3. The molecule has 0 aliphatic rings. The molecule has 0 bridgehead atoms. The van der Waals surface area contributed by atoms with Gasteiger partial charge in [0.15, 0.2) is 0 Å². The molecule has 164 valence electrons. The number of rotatable bonds is 10. The Morgan fingerprint density at radius 3 is 2.53 bits per heavy atom. The highest BCUT2D eigenvalue weighted by atomic mass is 32.2. The molecule has 1 atom stereocenters. The number of carbonyl (C=O) groups excluding carboxylic acids is 1. The number of benzene rings is 2. The molecule has 0 aliphatic heterocycles. The van der Waals surface area contributed by atoms with Gasteiger partial charge in [0.25, 0.3) is 15.9 Å². The fraction of sp³-hybridized carbons (Fsp3) is 0.435. The second-order valence-electron chi connectivity index (χ2n) is 7.49. The highest BCUT2D eigenvalue weighted by Gasteiger charge is 2.25. The average Bonchev–Trinajstić information content (AvgIpc) is 2.73. The third kappa shape index (κ3) is 5.53. The number of nitrogens with one attached hydrogen (secondary N) is 1. The summed E-state index contributed by atoms with van der Waals surface area (Å²) in [4.78, 5) is 12.8. The first kappa shape index (κ1) is 23.7. The van der Waals surface area contributed by atoms with Crippen LogP contribution in [0.15, 0.2) is 47.4 Å². The third-order valence-corrected chi connectivity index (χ3v) is 6.92. The molecule has 2 rings (SSSR count). The van der Waals surface area contributed by atoms with E-state index in [1.807, 2.05) is 6.92 Å². The Labute approximate surface area is 180 Å². The number of hydrogen-bond acceptors (Lipinski definition) is 4. The molecule has 0 radical (unpaired) electrons. The fourth-order valence-corrected chi connectivity index (χ4v) is 4.49. The van der Waals surface area contributed by atoms with E-state index < -0.39 is 10.0 Å². The van der Waals surface area contributed by atoms with Crippen molar-refractivity contribution in [1.82, 2.24) is 5.32 Å². The molecule has 0 saturated heterocycles. The van der Waals surface area contributed by atoms with Crippen LogP contribution in [0.1, 0.15) is 55.5 Å². The van der Waals surface area contributed by atoms with Gasteiger partial charge in [-0.25, -0.2) is 8.42 Å². The number of ether oxygens (including phenoxy) is 1. The van der Waals surface area contributed by atoms with E-state index in [0.29, 0.717) is 17.0 Å². The molecule has 30 heavy (non-hydrogen) atoms. The number of sulfonamides is 1. The minimum Gasteiger partial charge on any atom is -0.495 e. The third-order valence-electron chi connectivity index (χ3n) is 5.15. The first-order valence-corrected chi connectivity index (χ1v) is 11.7. The van der Waals surface area contributed by atoms with E-state index in [-0.39, 0.29) is 16.8 Å². The second kappa shape index (κ2) is 10.5. The number of nitrogens with zero attached hydrogens (tertiary/aromatic N) is 1. The summed E-state index contributed by atoms with van der Waals surface area (Å²) in [5, 5.41) is 2.99. The molecule has 2 aromatic carbocycles. The first-order valence-electron chi connectivity index (χ1n) is 10.3. The van der Waals surface area contributed by atoms with Gasteiger partial charge in [0, 0.05) is 18.7 Å². The Kier molecular flexibility index (Phi) is 8.29. The molecule has 0 aromatic heterocycles. The summed E-state index contributed by atoms with van der Waals surface area (Å²) in [6.45, 7) is 5.91. The SMILES string of the molecule is CCCCCC(C)NC(=O)c1cc(S(=O)(=O)N(C)c2ccccc2OC)ccc1C. The van der Waals surface area contributed by atoms with Gasteiger partial charge in [-0.1, -0.05) is 44.4 Å². The predicted molar refractivity (Wildman–Crippen MR) is 121 cm³/mol. The van der Waals surface area contributed by atoms with E-state index in [1.54, 1.807) is 37.3 Å². The van der Waals surface area contributed by atoms with Gasteiger partial charge in [0.2, 0.25) is 0 Å². The zero-order valence-electron chi connectivity index (χ0n) is 18.4. The summed E-state index contributed by atoms with van der Waals surface area (Å²) >= 11 is 0. The molecular formula is C23H32N2O4S. The number of unbranched alkanes of at least 4 members (excludes halogenated alkanes) is 2. The first-order chi connectivity index (χ1) is 14.2. The Morgan fingerprint density at radius 2 is 1.87 bits per heavy atom. The van der Waals surface area contributed by atoms with Crippen LogP contribution in [0.2, 0.25) is 0 Å². The summed E-state index contributed by atoms with van der Waals surface area (Å²) in [5.41, 5.74) is 1.52. The summed E-state index contributed by atoms with van der Waals surface area (Å²) in [5.74, 6) is 0.197. The highest BCUT2D eigenvalue weighted by Crippen LogP contribution is 2.31. The predicted octanol–water partition coefficient (Wildman–Crippen LogP) is 4.53. The van der Waals surface area contributed by atoms with Crippen molar-refractivity contribution in [1.29, 1.82) is 0 Å². The number of methoxy groups -OCH3 is 1. The van der Waals surface area contributed by atoms with Crippen LogP contribution in [0.3, 0.4) is 0 Å². The Balaban J connectivity index is 2.29. The molecular weight excluding hydrogens is 400 g/mol. The van der Waals surface area contributed by atoms with Crippen LogP contribution in [0.5, 0.6) is 5.75 Å². The van der Waals surface area contributed by atoms with Crippen LogP contribution >= 0.6 is 0 Å². The molecule has 7 heteroatoms. The summed E-state index contributed by atoms with van der Waals surface area (Å²) in [7, 11) is -0.900. The number of aryl methyl sites for hydroxylation is 1. The van der Waals surface area contributed by atoms with Gasteiger partial charge in [-0.15, -0.1) is 0 Å². The molecule has 1 amide bonds. The van der Waals surface area contributed by atoms with Crippen LogP contribution in [-0.4, -0.2) is 34.5 Å². The summed E-state index contributed by atoms with van der Waals surface area (Å²) in [6, 6.07) is 11.6. The lowest BCUT2D eigenvalue weighted by Gasteiger charge is -2.22. The van der Waals surface area contributed by atoms with Crippen molar-refractivity contribution >= 4 is 21.6 Å². The van der Waals surface area contributed by atoms with E-state index >= 15 is 0 Å². The van der Waals surface area contributed by atoms with Crippen molar-refractivity contribution in [3.8, 4) is 5.75 Å². The van der Waals surface area contributed by atoms with E-state index in [0.717, 1.165) is 31.2 Å². The zero-order valence-corrected chi connectivity index (χ0v) is 19.3. The van der Waals surface area contributed by atoms with E-state index in [1.165, 1.54) is 30.6 Å². The van der Waals surface area contributed by atoms with Crippen molar-refractivity contribution in [2.75, 3.05) is 18.5 Å².